The highest BCUT2D eigenvalue weighted by molar-refractivity contribution is 5.91. The normalized spacial score (nSPS) is 46.3. The van der Waals surface area contributed by atoms with Crippen LogP contribution in [-0.4, -0.2) is 52.1 Å². The highest BCUT2D eigenvalue weighted by Crippen LogP contribution is 2.70. The van der Waals surface area contributed by atoms with E-state index in [-0.39, 0.29) is 37.6 Å². The zero-order chi connectivity index (χ0) is 22.8. The van der Waals surface area contributed by atoms with Crippen molar-refractivity contribution in [1.82, 2.24) is 0 Å². The summed E-state index contributed by atoms with van der Waals surface area (Å²) in [5, 5.41) is 21.4. The first-order valence-electron chi connectivity index (χ1n) is 11.2. The fraction of sp³-hybridized carbons (Fsp3) is 0.783. The van der Waals surface area contributed by atoms with Gasteiger partial charge in [0.1, 0.15) is 5.67 Å². The van der Waals surface area contributed by atoms with Gasteiger partial charge in [0, 0.05) is 23.2 Å². The lowest BCUT2D eigenvalue weighted by Crippen LogP contribution is -2.69. The van der Waals surface area contributed by atoms with E-state index in [9.17, 15) is 24.6 Å². The minimum Gasteiger partial charge on any atom is -0.478 e. The number of carboxylic acids is 1. The summed E-state index contributed by atoms with van der Waals surface area (Å²) in [7, 11) is 0. The van der Waals surface area contributed by atoms with E-state index in [0.29, 0.717) is 25.7 Å². The van der Waals surface area contributed by atoms with E-state index in [4.69, 9.17) is 9.47 Å². The molecule has 0 radical (unpaired) electrons. The number of halogens is 1. The number of fused-ring (bicyclic) bond motifs is 5. The summed E-state index contributed by atoms with van der Waals surface area (Å²) in [4.78, 5) is 36.5. The van der Waals surface area contributed by atoms with E-state index in [1.54, 1.807) is 26.8 Å². The van der Waals surface area contributed by atoms with Gasteiger partial charge in [0.05, 0.1) is 12.7 Å². The number of aliphatic carboxylic acids is 1. The zero-order valence-corrected chi connectivity index (χ0v) is 18.3. The maximum atomic E-state index is 17.0. The molecule has 2 N–H and O–H groups in total. The molecule has 0 aliphatic heterocycles. The van der Waals surface area contributed by atoms with Crippen LogP contribution in [0.15, 0.2) is 11.6 Å². The summed E-state index contributed by atoms with van der Waals surface area (Å²) in [6.45, 7) is 5.12. The predicted molar refractivity (Wildman–Crippen MR) is 107 cm³/mol. The SMILES string of the molecule is CCOC(=O)OC1(C(=O)O)CC[C@H]2[C@@H]3CCC4=CC(=O)CC[C@]4(C)[C@]3(F)C(O)C[C@@]21C. The Kier molecular flexibility index (Phi) is 5.04. The molecule has 8 heteroatoms. The molecule has 0 aromatic heterocycles. The lowest BCUT2D eigenvalue weighted by Gasteiger charge is -2.63. The van der Waals surface area contributed by atoms with Gasteiger partial charge in [-0.3, -0.25) is 4.79 Å². The summed E-state index contributed by atoms with van der Waals surface area (Å²) in [6, 6.07) is 0. The van der Waals surface area contributed by atoms with Crippen molar-refractivity contribution in [3.63, 3.8) is 0 Å². The molecule has 0 spiro atoms. The first-order valence-corrected chi connectivity index (χ1v) is 11.2. The van der Waals surface area contributed by atoms with Crippen LogP contribution in [0, 0.1) is 22.7 Å². The van der Waals surface area contributed by atoms with Crippen molar-refractivity contribution < 1.29 is 38.5 Å². The third-order valence-corrected chi connectivity index (χ3v) is 9.03. The molecule has 31 heavy (non-hydrogen) atoms. The maximum absolute atomic E-state index is 17.0. The minimum atomic E-state index is -1.97. The Morgan fingerprint density at radius 2 is 1.90 bits per heavy atom. The molecular formula is C23H31FO7. The molecule has 0 saturated heterocycles. The third-order valence-electron chi connectivity index (χ3n) is 9.03. The van der Waals surface area contributed by atoms with Crippen molar-refractivity contribution >= 4 is 17.9 Å². The molecule has 4 rings (SSSR count). The Bertz CT molecular complexity index is 855. The van der Waals surface area contributed by atoms with Gasteiger partial charge < -0.3 is 19.7 Å². The molecule has 7 nitrogen and oxygen atoms in total. The molecule has 7 atom stereocenters. The second-order valence-corrected chi connectivity index (χ2v) is 10.1. The standard InChI is InChI=1S/C23H31FO7/c1-4-30-19(29)31-22(18(27)28)10-8-15-16-6-5-13-11-14(25)7-9-20(13,2)23(16,24)17(26)12-21(15,22)3/h11,15-17,26H,4-10,12H2,1-3H3,(H,27,28)/t15-,16-,17?,20-,21-,22?,23+/m0/s1. The van der Waals surface area contributed by atoms with Gasteiger partial charge in [-0.25, -0.2) is 14.0 Å². The second kappa shape index (κ2) is 7.02. The van der Waals surface area contributed by atoms with Gasteiger partial charge in [0.15, 0.2) is 5.78 Å². The van der Waals surface area contributed by atoms with Gasteiger partial charge in [-0.2, -0.15) is 0 Å². The lowest BCUT2D eigenvalue weighted by molar-refractivity contribution is -0.232. The number of ether oxygens (including phenoxy) is 2. The Morgan fingerprint density at radius 1 is 1.19 bits per heavy atom. The molecule has 0 amide bonds. The first kappa shape index (κ1) is 22.2. The molecule has 172 valence electrons. The largest absolute Gasteiger partial charge is 0.509 e. The number of allylic oxidation sites excluding steroid dienone is 1. The zero-order valence-electron chi connectivity index (χ0n) is 18.3. The number of aliphatic hydroxyl groups is 1. The lowest BCUT2D eigenvalue weighted by atomic mass is 9.44. The molecule has 4 aliphatic rings. The highest BCUT2D eigenvalue weighted by Gasteiger charge is 2.76. The third kappa shape index (κ3) is 2.69. The number of rotatable bonds is 3. The number of carbonyl (C=O) groups is 3. The van der Waals surface area contributed by atoms with Crippen molar-refractivity contribution in [2.24, 2.45) is 22.7 Å². The van der Waals surface area contributed by atoms with Gasteiger partial charge >= 0.3 is 12.1 Å². The molecule has 2 unspecified atom stereocenters. The highest BCUT2D eigenvalue weighted by atomic mass is 19.1. The van der Waals surface area contributed by atoms with E-state index >= 15 is 4.39 Å². The Labute approximate surface area is 181 Å². The van der Waals surface area contributed by atoms with Crippen molar-refractivity contribution in [2.45, 2.75) is 83.1 Å². The molecule has 3 saturated carbocycles. The summed E-state index contributed by atoms with van der Waals surface area (Å²) >= 11 is 0. The summed E-state index contributed by atoms with van der Waals surface area (Å²) in [6.07, 6.45) is 0.822. The topological polar surface area (TPSA) is 110 Å². The van der Waals surface area contributed by atoms with Gasteiger partial charge in [0.25, 0.3) is 0 Å². The molecule has 0 heterocycles. The molecule has 3 fully saturated rings. The molecule has 0 aromatic rings. The van der Waals surface area contributed by atoms with Crippen molar-refractivity contribution in [1.29, 1.82) is 0 Å². The maximum Gasteiger partial charge on any atom is 0.509 e. The van der Waals surface area contributed by atoms with E-state index in [2.05, 4.69) is 0 Å². The average Bonchev–Trinajstić information content (AvgIpc) is 2.97. The second-order valence-electron chi connectivity index (χ2n) is 10.1. The van der Waals surface area contributed by atoms with Crippen LogP contribution in [0.5, 0.6) is 0 Å². The molecule has 4 aliphatic carbocycles. The number of carboxylic acid groups (broad SMARTS) is 1. The van der Waals surface area contributed by atoms with Crippen molar-refractivity contribution in [3.05, 3.63) is 11.6 Å². The number of hydrogen-bond acceptors (Lipinski definition) is 6. The minimum absolute atomic E-state index is 0.0155. The van der Waals surface area contributed by atoms with Crippen molar-refractivity contribution in [2.75, 3.05) is 6.61 Å². The number of hydrogen-bond donors (Lipinski definition) is 2. The van der Waals surface area contributed by atoms with Crippen LogP contribution in [0.4, 0.5) is 9.18 Å². The number of carbonyl (C=O) groups excluding carboxylic acids is 2. The Hall–Kier alpha value is -1.96. The molecular weight excluding hydrogens is 407 g/mol. The summed E-state index contributed by atoms with van der Waals surface area (Å²) in [5.74, 6) is -2.29. The average molecular weight is 438 g/mol. The number of ketones is 1. The number of aliphatic hydroxyl groups excluding tert-OH is 1. The fourth-order valence-electron chi connectivity index (χ4n) is 7.41. The number of alkyl halides is 1. The van der Waals surface area contributed by atoms with Crippen LogP contribution in [-0.2, 0) is 19.1 Å². The molecule has 0 bridgehead atoms. The van der Waals surface area contributed by atoms with Gasteiger partial charge in [0.2, 0.25) is 5.60 Å². The van der Waals surface area contributed by atoms with Crippen molar-refractivity contribution in [3.8, 4) is 0 Å². The Balaban J connectivity index is 1.77. The van der Waals surface area contributed by atoms with Crippen LogP contribution in [0.25, 0.3) is 0 Å². The molecule has 0 aromatic carbocycles. The van der Waals surface area contributed by atoms with E-state index in [1.165, 1.54) is 0 Å². The van der Waals surface area contributed by atoms with E-state index in [0.717, 1.165) is 5.57 Å². The van der Waals surface area contributed by atoms with E-state index < -0.39 is 46.2 Å². The first-order chi connectivity index (χ1) is 14.5. The van der Waals surface area contributed by atoms with Crippen LogP contribution >= 0.6 is 0 Å². The quantitative estimate of drug-likeness (QED) is 0.648. The van der Waals surface area contributed by atoms with Gasteiger partial charge in [-0.05, 0) is 57.4 Å². The van der Waals surface area contributed by atoms with Crippen LogP contribution in [0.2, 0.25) is 0 Å². The van der Waals surface area contributed by atoms with Crippen LogP contribution in [0.1, 0.15) is 65.7 Å². The van der Waals surface area contributed by atoms with Gasteiger partial charge in [-0.15, -0.1) is 0 Å². The fourth-order valence-corrected chi connectivity index (χ4v) is 7.41. The van der Waals surface area contributed by atoms with Crippen LogP contribution in [0.3, 0.4) is 0 Å². The predicted octanol–water partition coefficient (Wildman–Crippen LogP) is 3.58. The van der Waals surface area contributed by atoms with E-state index in [1.807, 2.05) is 0 Å². The smallest absolute Gasteiger partial charge is 0.478 e. The Morgan fingerprint density at radius 3 is 2.55 bits per heavy atom. The summed E-state index contributed by atoms with van der Waals surface area (Å²) in [5.41, 5.74) is -5.23. The monoisotopic (exact) mass is 438 g/mol. The van der Waals surface area contributed by atoms with Gasteiger partial charge in [-0.1, -0.05) is 19.4 Å². The van der Waals surface area contributed by atoms with Crippen LogP contribution < -0.4 is 0 Å². The summed E-state index contributed by atoms with van der Waals surface area (Å²) < 4.78 is 27.3.